The normalized spacial score (nSPS) is 13.9. The molecule has 0 aliphatic rings. The van der Waals surface area contributed by atoms with Crippen LogP contribution in [0.4, 0.5) is 0 Å². The molecule has 1 amide bonds. The number of hydrogen-bond donors (Lipinski definition) is 3. The molecular formula is C15H23NO4. The van der Waals surface area contributed by atoms with Crippen LogP contribution in [0.2, 0.25) is 0 Å². The van der Waals surface area contributed by atoms with Crippen LogP contribution >= 0.6 is 0 Å². The van der Waals surface area contributed by atoms with E-state index in [0.717, 1.165) is 5.56 Å². The predicted molar refractivity (Wildman–Crippen MR) is 76.7 cm³/mol. The fraction of sp³-hybridized carbons (Fsp3) is 0.533. The van der Waals surface area contributed by atoms with Gasteiger partial charge in [-0.25, -0.2) is 0 Å². The van der Waals surface area contributed by atoms with Crippen molar-refractivity contribution in [3.05, 3.63) is 29.8 Å². The zero-order valence-corrected chi connectivity index (χ0v) is 12.2. The SMILES string of the molecule is CC(C)c1cccc(OCC(=O)NCC(C)(O)CO)c1. The second-order valence-corrected chi connectivity index (χ2v) is 5.45. The fourth-order valence-electron chi connectivity index (χ4n) is 1.51. The molecule has 0 radical (unpaired) electrons. The molecule has 0 aliphatic heterocycles. The molecule has 1 unspecified atom stereocenters. The molecule has 1 rings (SSSR count). The van der Waals surface area contributed by atoms with Crippen LogP contribution in [0.25, 0.3) is 0 Å². The standard InChI is InChI=1S/C15H23NO4/c1-11(2)12-5-4-6-13(7-12)20-8-14(18)16-9-15(3,19)10-17/h4-7,11,17,19H,8-10H2,1-3H3,(H,16,18). The highest BCUT2D eigenvalue weighted by Crippen LogP contribution is 2.19. The van der Waals surface area contributed by atoms with Gasteiger partial charge in [0.25, 0.3) is 5.91 Å². The number of aliphatic hydroxyl groups is 2. The number of aliphatic hydroxyl groups excluding tert-OH is 1. The molecule has 1 aromatic rings. The molecule has 0 saturated heterocycles. The van der Waals surface area contributed by atoms with E-state index in [1.54, 1.807) is 6.07 Å². The van der Waals surface area contributed by atoms with Gasteiger partial charge in [-0.1, -0.05) is 26.0 Å². The van der Waals surface area contributed by atoms with Gasteiger partial charge in [-0.2, -0.15) is 0 Å². The molecule has 112 valence electrons. The van der Waals surface area contributed by atoms with Crippen LogP contribution in [-0.4, -0.2) is 41.5 Å². The summed E-state index contributed by atoms with van der Waals surface area (Å²) in [5.41, 5.74) is -0.168. The van der Waals surface area contributed by atoms with Crippen LogP contribution in [0.15, 0.2) is 24.3 Å². The molecular weight excluding hydrogens is 258 g/mol. The lowest BCUT2D eigenvalue weighted by Gasteiger charge is -2.20. The van der Waals surface area contributed by atoms with Crippen LogP contribution < -0.4 is 10.1 Å². The van der Waals surface area contributed by atoms with Gasteiger partial charge in [0.15, 0.2) is 6.61 Å². The molecule has 1 atom stereocenters. The first-order valence-corrected chi connectivity index (χ1v) is 6.67. The summed E-state index contributed by atoms with van der Waals surface area (Å²) in [5.74, 6) is 0.695. The third kappa shape index (κ3) is 5.59. The molecule has 5 heteroatoms. The Balaban J connectivity index is 2.43. The van der Waals surface area contributed by atoms with E-state index in [9.17, 15) is 9.90 Å². The third-order valence-electron chi connectivity index (χ3n) is 2.90. The number of ether oxygens (including phenoxy) is 1. The van der Waals surface area contributed by atoms with Crippen molar-refractivity contribution in [3.8, 4) is 5.75 Å². The third-order valence-corrected chi connectivity index (χ3v) is 2.90. The van der Waals surface area contributed by atoms with E-state index >= 15 is 0 Å². The molecule has 5 nitrogen and oxygen atoms in total. The Bertz CT molecular complexity index is 443. The molecule has 0 saturated carbocycles. The van der Waals surface area contributed by atoms with E-state index in [1.165, 1.54) is 6.92 Å². The summed E-state index contributed by atoms with van der Waals surface area (Å²) in [6, 6.07) is 7.60. The first-order chi connectivity index (χ1) is 9.34. The average molecular weight is 281 g/mol. The highest BCUT2D eigenvalue weighted by atomic mass is 16.5. The van der Waals surface area contributed by atoms with Crippen LogP contribution in [-0.2, 0) is 4.79 Å². The van der Waals surface area contributed by atoms with Crippen LogP contribution in [0.5, 0.6) is 5.75 Å². The van der Waals surface area contributed by atoms with Crippen LogP contribution in [0.1, 0.15) is 32.3 Å². The minimum absolute atomic E-state index is 0.0161. The summed E-state index contributed by atoms with van der Waals surface area (Å²) < 4.78 is 5.40. The predicted octanol–water partition coefficient (Wildman–Crippen LogP) is 1.05. The highest BCUT2D eigenvalue weighted by Gasteiger charge is 2.19. The van der Waals surface area contributed by atoms with Gasteiger partial charge in [-0.05, 0) is 30.5 Å². The molecule has 0 aliphatic carbocycles. The lowest BCUT2D eigenvalue weighted by molar-refractivity contribution is -0.124. The van der Waals surface area contributed by atoms with Crippen LogP contribution in [0, 0.1) is 0 Å². The quantitative estimate of drug-likeness (QED) is 0.698. The summed E-state index contributed by atoms with van der Waals surface area (Å²) in [7, 11) is 0. The lowest BCUT2D eigenvalue weighted by atomic mass is 10.0. The second kappa shape index (κ2) is 7.26. The van der Waals surface area contributed by atoms with Gasteiger partial charge in [0.2, 0.25) is 0 Å². The van der Waals surface area contributed by atoms with Crippen molar-refractivity contribution in [2.24, 2.45) is 0 Å². The first-order valence-electron chi connectivity index (χ1n) is 6.67. The van der Waals surface area contributed by atoms with Gasteiger partial charge < -0.3 is 20.3 Å². The van der Waals surface area contributed by atoms with E-state index in [-0.39, 0.29) is 19.1 Å². The van der Waals surface area contributed by atoms with Gasteiger partial charge in [-0.3, -0.25) is 4.79 Å². The van der Waals surface area contributed by atoms with Crippen molar-refractivity contribution in [2.45, 2.75) is 32.3 Å². The summed E-state index contributed by atoms with van der Waals surface area (Å²) in [4.78, 5) is 11.6. The van der Waals surface area contributed by atoms with Gasteiger partial charge >= 0.3 is 0 Å². The fourth-order valence-corrected chi connectivity index (χ4v) is 1.51. The maximum Gasteiger partial charge on any atom is 0.258 e. The Kier molecular flexibility index (Phi) is 5.98. The number of rotatable bonds is 7. The molecule has 0 fully saturated rings. The number of hydrogen-bond acceptors (Lipinski definition) is 4. The van der Waals surface area contributed by atoms with E-state index in [1.807, 2.05) is 18.2 Å². The zero-order valence-electron chi connectivity index (χ0n) is 12.2. The highest BCUT2D eigenvalue weighted by molar-refractivity contribution is 5.77. The van der Waals surface area contributed by atoms with Gasteiger partial charge in [0.05, 0.1) is 6.61 Å². The van der Waals surface area contributed by atoms with Crippen molar-refractivity contribution in [1.82, 2.24) is 5.32 Å². The van der Waals surface area contributed by atoms with E-state index < -0.39 is 12.2 Å². The largest absolute Gasteiger partial charge is 0.484 e. The van der Waals surface area contributed by atoms with Crippen molar-refractivity contribution in [3.63, 3.8) is 0 Å². The molecule has 0 heterocycles. The number of carbonyl (C=O) groups excluding carboxylic acids is 1. The molecule has 0 spiro atoms. The second-order valence-electron chi connectivity index (χ2n) is 5.45. The summed E-state index contributed by atoms with van der Waals surface area (Å²) in [5, 5.41) is 20.9. The number of amides is 1. The summed E-state index contributed by atoms with van der Waals surface area (Å²) >= 11 is 0. The molecule has 0 bridgehead atoms. The minimum Gasteiger partial charge on any atom is -0.484 e. The van der Waals surface area contributed by atoms with E-state index in [0.29, 0.717) is 11.7 Å². The molecule has 1 aromatic carbocycles. The van der Waals surface area contributed by atoms with Crippen molar-refractivity contribution < 1.29 is 19.7 Å². The van der Waals surface area contributed by atoms with Gasteiger partial charge in [0, 0.05) is 6.54 Å². The summed E-state index contributed by atoms with van der Waals surface area (Å²) in [6.07, 6.45) is 0. The molecule has 20 heavy (non-hydrogen) atoms. The Morgan fingerprint density at radius 2 is 2.15 bits per heavy atom. The Labute approximate surface area is 119 Å². The van der Waals surface area contributed by atoms with Gasteiger partial charge in [-0.15, -0.1) is 0 Å². The first kappa shape index (κ1) is 16.5. The van der Waals surface area contributed by atoms with Crippen molar-refractivity contribution >= 4 is 5.91 Å². The van der Waals surface area contributed by atoms with Crippen molar-refractivity contribution in [1.29, 1.82) is 0 Å². The zero-order chi connectivity index (χ0) is 15.2. The van der Waals surface area contributed by atoms with Gasteiger partial charge in [0.1, 0.15) is 11.4 Å². The van der Waals surface area contributed by atoms with E-state index in [4.69, 9.17) is 9.84 Å². The molecule has 0 aromatic heterocycles. The average Bonchev–Trinajstić information content (AvgIpc) is 2.43. The lowest BCUT2D eigenvalue weighted by Crippen LogP contribution is -2.44. The number of nitrogens with one attached hydrogen (secondary N) is 1. The monoisotopic (exact) mass is 281 g/mol. The minimum atomic E-state index is -1.31. The number of benzene rings is 1. The Morgan fingerprint density at radius 1 is 1.45 bits per heavy atom. The van der Waals surface area contributed by atoms with Crippen LogP contribution in [0.3, 0.4) is 0 Å². The number of carbonyl (C=O) groups is 1. The topological polar surface area (TPSA) is 78.8 Å². The Hall–Kier alpha value is -1.59. The van der Waals surface area contributed by atoms with E-state index in [2.05, 4.69) is 19.2 Å². The Morgan fingerprint density at radius 3 is 2.75 bits per heavy atom. The molecule has 3 N–H and O–H groups in total. The smallest absolute Gasteiger partial charge is 0.258 e. The summed E-state index contributed by atoms with van der Waals surface area (Å²) in [6.45, 7) is 5.07. The maximum absolute atomic E-state index is 11.6. The van der Waals surface area contributed by atoms with Crippen molar-refractivity contribution in [2.75, 3.05) is 19.8 Å². The maximum atomic E-state index is 11.6.